The van der Waals surface area contributed by atoms with Crippen molar-refractivity contribution >= 4 is 39.6 Å². The molecule has 5 aromatic rings. The van der Waals surface area contributed by atoms with Crippen LogP contribution >= 0.6 is 11.6 Å². The number of hydrogen-bond donors (Lipinski definition) is 0. The third-order valence-electron chi connectivity index (χ3n) is 9.48. The Hall–Kier alpha value is -4.05. The topological polar surface area (TPSA) is 88.2 Å². The summed E-state index contributed by atoms with van der Waals surface area (Å²) in [5, 5.41) is 1.47. The lowest BCUT2D eigenvalue weighted by molar-refractivity contribution is -0.0678. The predicted octanol–water partition coefficient (Wildman–Crippen LogP) is 7.04. The summed E-state index contributed by atoms with van der Waals surface area (Å²) in [6.07, 6.45) is 4.80. The molecule has 3 aromatic carbocycles. The monoisotopic (exact) mass is 627 g/mol. The molecule has 3 aliphatic heterocycles. The molecule has 1 unspecified atom stereocenters. The Morgan fingerprint density at radius 3 is 2.71 bits per heavy atom. The number of carbonyl (C=O) groups excluding carboxylic acids is 1. The number of aromatic nitrogens is 2. The molecular formula is C35H34ClN3O6. The van der Waals surface area contributed by atoms with Gasteiger partial charge in [0.1, 0.15) is 11.4 Å². The van der Waals surface area contributed by atoms with E-state index < -0.39 is 5.79 Å². The third-order valence-corrected chi connectivity index (χ3v) is 9.81. The Morgan fingerprint density at radius 1 is 1.09 bits per heavy atom. The van der Waals surface area contributed by atoms with Crippen LogP contribution in [0.4, 0.5) is 0 Å². The van der Waals surface area contributed by atoms with Crippen molar-refractivity contribution in [3.8, 4) is 11.5 Å². The van der Waals surface area contributed by atoms with Gasteiger partial charge in [0.15, 0.2) is 11.5 Å². The molecule has 2 atom stereocenters. The summed E-state index contributed by atoms with van der Waals surface area (Å²) in [5.74, 6) is 1.48. The predicted molar refractivity (Wildman–Crippen MR) is 169 cm³/mol. The van der Waals surface area contributed by atoms with Crippen LogP contribution in [-0.2, 0) is 28.4 Å². The molecule has 0 N–H and O–H groups in total. The quantitative estimate of drug-likeness (QED) is 0.178. The van der Waals surface area contributed by atoms with Crippen LogP contribution < -0.4 is 9.47 Å². The highest BCUT2D eigenvalue weighted by atomic mass is 35.5. The standard InChI is InChI=1S/C35H34ClN3O6/c1-35(26-7-8-27(36)25-13-17-43-32(25)26)44-30-5-3-4-24(33(30)45-35)21-10-14-38(15-11-21)20-31-37-28-9-6-22(34(40)41-2)18-29(28)39(31)19-23-12-16-42-23/h3-9,13,17-18,21,23H,10-12,14-16,19-20H2,1-2H3/t23-,35?/m0/s1. The first-order valence-corrected chi connectivity index (χ1v) is 15.9. The van der Waals surface area contributed by atoms with Crippen LogP contribution in [-0.4, -0.2) is 53.3 Å². The van der Waals surface area contributed by atoms with Crippen molar-refractivity contribution in [3.05, 3.63) is 88.4 Å². The first-order chi connectivity index (χ1) is 21.9. The molecule has 232 valence electrons. The molecule has 2 saturated heterocycles. The van der Waals surface area contributed by atoms with E-state index in [-0.39, 0.29) is 12.1 Å². The van der Waals surface area contributed by atoms with Gasteiger partial charge in [-0.25, -0.2) is 9.78 Å². The Kier molecular flexibility index (Phi) is 7.00. The number of rotatable bonds is 7. The lowest BCUT2D eigenvalue weighted by atomic mass is 9.88. The number of methoxy groups -OCH3 is 1. The van der Waals surface area contributed by atoms with Crippen LogP contribution in [0.15, 0.2) is 65.3 Å². The number of ether oxygens (including phenoxy) is 4. The van der Waals surface area contributed by atoms with Gasteiger partial charge in [0.2, 0.25) is 0 Å². The molecule has 3 aliphatic rings. The van der Waals surface area contributed by atoms with E-state index >= 15 is 0 Å². The molecule has 0 spiro atoms. The van der Waals surface area contributed by atoms with Crippen molar-refractivity contribution in [2.24, 2.45) is 0 Å². The van der Waals surface area contributed by atoms with Crippen molar-refractivity contribution in [1.82, 2.24) is 14.5 Å². The van der Waals surface area contributed by atoms with E-state index in [1.807, 2.05) is 49.4 Å². The van der Waals surface area contributed by atoms with Gasteiger partial charge in [0.25, 0.3) is 5.79 Å². The van der Waals surface area contributed by atoms with Crippen LogP contribution in [0.25, 0.3) is 22.0 Å². The Morgan fingerprint density at radius 2 is 1.93 bits per heavy atom. The van der Waals surface area contributed by atoms with E-state index in [1.165, 1.54) is 12.7 Å². The van der Waals surface area contributed by atoms with E-state index in [1.54, 1.807) is 12.3 Å². The Bertz CT molecular complexity index is 1920. The van der Waals surface area contributed by atoms with E-state index in [9.17, 15) is 4.79 Å². The molecule has 45 heavy (non-hydrogen) atoms. The summed E-state index contributed by atoms with van der Waals surface area (Å²) < 4.78 is 31.9. The normalized spacial score (nSPS) is 21.8. The number of halogens is 1. The largest absolute Gasteiger partial charge is 0.465 e. The fourth-order valence-corrected chi connectivity index (χ4v) is 7.15. The second kappa shape index (κ2) is 11.1. The van der Waals surface area contributed by atoms with Crippen LogP contribution in [0, 0.1) is 0 Å². The molecule has 0 amide bonds. The van der Waals surface area contributed by atoms with Crippen molar-refractivity contribution in [2.45, 2.75) is 57.1 Å². The van der Waals surface area contributed by atoms with Crippen molar-refractivity contribution in [3.63, 3.8) is 0 Å². The fourth-order valence-electron chi connectivity index (χ4n) is 6.94. The highest BCUT2D eigenvalue weighted by Gasteiger charge is 2.43. The molecular weight excluding hydrogens is 594 g/mol. The average Bonchev–Trinajstić information content (AvgIpc) is 3.74. The maximum absolute atomic E-state index is 12.3. The minimum absolute atomic E-state index is 0.165. The van der Waals surface area contributed by atoms with Gasteiger partial charge >= 0.3 is 5.97 Å². The third kappa shape index (κ3) is 4.94. The smallest absolute Gasteiger partial charge is 0.337 e. The van der Waals surface area contributed by atoms with Gasteiger partial charge in [-0.2, -0.15) is 0 Å². The number of likely N-dealkylation sites (tertiary alicyclic amines) is 1. The molecule has 0 saturated carbocycles. The molecule has 0 bridgehead atoms. The second-order valence-corrected chi connectivity index (χ2v) is 12.7. The van der Waals surface area contributed by atoms with Gasteiger partial charge in [-0.3, -0.25) is 4.90 Å². The summed E-state index contributed by atoms with van der Waals surface area (Å²) in [5.41, 5.74) is 4.98. The van der Waals surface area contributed by atoms with Gasteiger partial charge in [0.05, 0.1) is 59.7 Å². The number of carbonyl (C=O) groups is 1. The van der Waals surface area contributed by atoms with Crippen molar-refractivity contribution in [1.29, 1.82) is 0 Å². The highest BCUT2D eigenvalue weighted by Crippen LogP contribution is 2.50. The summed E-state index contributed by atoms with van der Waals surface area (Å²) >= 11 is 6.41. The zero-order valence-corrected chi connectivity index (χ0v) is 26.0. The number of para-hydroxylation sites is 1. The summed E-state index contributed by atoms with van der Waals surface area (Å²) in [6, 6.07) is 17.4. The number of imidazole rings is 1. The van der Waals surface area contributed by atoms with Crippen LogP contribution in [0.1, 0.15) is 59.4 Å². The molecule has 2 aromatic heterocycles. The SMILES string of the molecule is COC(=O)c1ccc2nc(CN3CCC(c4cccc5c4OC(C)(c4ccc(Cl)c6ccoc46)O5)CC3)n(C[C@@H]3CCO3)c2c1. The average molecular weight is 628 g/mol. The lowest BCUT2D eigenvalue weighted by Gasteiger charge is -2.33. The lowest BCUT2D eigenvalue weighted by Crippen LogP contribution is -2.35. The molecule has 9 nitrogen and oxygen atoms in total. The number of hydrogen-bond acceptors (Lipinski definition) is 8. The van der Waals surface area contributed by atoms with Crippen molar-refractivity contribution < 1.29 is 28.2 Å². The summed E-state index contributed by atoms with van der Waals surface area (Å²) in [4.78, 5) is 19.7. The summed E-state index contributed by atoms with van der Waals surface area (Å²) in [7, 11) is 1.40. The number of nitrogens with zero attached hydrogens (tertiary/aromatic N) is 3. The number of fused-ring (bicyclic) bond motifs is 3. The van der Waals surface area contributed by atoms with E-state index in [0.29, 0.717) is 22.1 Å². The molecule has 10 heteroatoms. The van der Waals surface area contributed by atoms with Gasteiger partial charge < -0.3 is 27.9 Å². The second-order valence-electron chi connectivity index (χ2n) is 12.2. The zero-order chi connectivity index (χ0) is 30.7. The first-order valence-electron chi connectivity index (χ1n) is 15.5. The zero-order valence-electron chi connectivity index (χ0n) is 25.3. The van der Waals surface area contributed by atoms with Crippen LogP contribution in [0.5, 0.6) is 11.5 Å². The summed E-state index contributed by atoms with van der Waals surface area (Å²) in [6.45, 7) is 6.01. The fraction of sp³-hybridized carbons (Fsp3) is 0.371. The van der Waals surface area contributed by atoms with Gasteiger partial charge in [-0.05, 0) is 80.7 Å². The van der Waals surface area contributed by atoms with Crippen LogP contribution in [0.3, 0.4) is 0 Å². The van der Waals surface area contributed by atoms with E-state index in [4.69, 9.17) is 39.9 Å². The molecule has 5 heterocycles. The molecule has 2 fully saturated rings. The molecule has 0 radical (unpaired) electrons. The molecule has 0 aliphatic carbocycles. The molecule has 8 rings (SSSR count). The number of esters is 1. The Balaban J connectivity index is 1.00. The maximum Gasteiger partial charge on any atom is 0.337 e. The maximum atomic E-state index is 12.3. The number of piperidine rings is 1. The minimum Gasteiger partial charge on any atom is -0.465 e. The number of benzene rings is 3. The van der Waals surface area contributed by atoms with E-state index in [0.717, 1.165) is 91.4 Å². The van der Waals surface area contributed by atoms with Gasteiger partial charge in [-0.15, -0.1) is 0 Å². The van der Waals surface area contributed by atoms with Crippen molar-refractivity contribution in [2.75, 3.05) is 26.8 Å². The van der Waals surface area contributed by atoms with E-state index in [2.05, 4.69) is 15.5 Å². The first kappa shape index (κ1) is 28.4. The van der Waals surface area contributed by atoms with Gasteiger partial charge in [0, 0.05) is 24.5 Å². The van der Waals surface area contributed by atoms with Gasteiger partial charge in [-0.1, -0.05) is 23.7 Å². The highest BCUT2D eigenvalue weighted by molar-refractivity contribution is 6.35. The van der Waals surface area contributed by atoms with Crippen LogP contribution in [0.2, 0.25) is 5.02 Å². The Labute approximate surface area is 265 Å². The minimum atomic E-state index is -1.03. The number of furan rings is 1.